The van der Waals surface area contributed by atoms with Crippen molar-refractivity contribution in [2.24, 2.45) is 10.9 Å². The molecule has 0 bridgehead atoms. The number of aryl methyl sites for hydroxylation is 1. The Labute approximate surface area is 245 Å². The normalized spacial score (nSPS) is 17.4. The van der Waals surface area contributed by atoms with Crippen LogP contribution in [0.4, 0.5) is 5.69 Å². The maximum absolute atomic E-state index is 14.1. The summed E-state index contributed by atoms with van der Waals surface area (Å²) in [6, 6.07) is 23.7. The van der Waals surface area contributed by atoms with Crippen molar-refractivity contribution in [2.75, 3.05) is 20.7 Å². The molecule has 9 nitrogen and oxygen atoms in total. The second-order valence-electron chi connectivity index (χ2n) is 10.6. The largest absolute Gasteiger partial charge is 0.468 e. The van der Waals surface area contributed by atoms with E-state index >= 15 is 0 Å². The smallest absolute Gasteiger partial charge is 0.337 e. The fourth-order valence-electron chi connectivity index (χ4n) is 5.35. The molecule has 1 aliphatic heterocycles. The number of esters is 2. The summed E-state index contributed by atoms with van der Waals surface area (Å²) in [5, 5.41) is 11.6. The van der Waals surface area contributed by atoms with Crippen molar-refractivity contribution in [3.63, 3.8) is 0 Å². The van der Waals surface area contributed by atoms with Gasteiger partial charge in [-0.25, -0.2) is 4.79 Å². The number of hydrogen-bond donors (Lipinski definition) is 0. The van der Waals surface area contributed by atoms with Crippen LogP contribution in [0.2, 0.25) is 0 Å². The van der Waals surface area contributed by atoms with Gasteiger partial charge in [-0.05, 0) is 44.5 Å². The van der Waals surface area contributed by atoms with Gasteiger partial charge in [-0.15, -0.1) is 0 Å². The topological polar surface area (TPSA) is 111 Å². The highest BCUT2D eigenvalue weighted by Crippen LogP contribution is 2.41. The van der Waals surface area contributed by atoms with Gasteiger partial charge in [0.2, 0.25) is 0 Å². The number of rotatable bonds is 10. The van der Waals surface area contributed by atoms with E-state index in [1.807, 2.05) is 68.6 Å². The highest BCUT2D eigenvalue weighted by molar-refractivity contribution is 6.07. The Morgan fingerprint density at radius 1 is 1.00 bits per heavy atom. The Morgan fingerprint density at radius 3 is 2.33 bits per heavy atom. The van der Waals surface area contributed by atoms with E-state index in [0.717, 1.165) is 16.7 Å². The molecule has 0 aromatic heterocycles. The lowest BCUT2D eigenvalue weighted by atomic mass is 9.75. The number of methoxy groups -OCH3 is 1. The van der Waals surface area contributed by atoms with Crippen LogP contribution in [0.1, 0.15) is 48.1 Å². The van der Waals surface area contributed by atoms with Crippen molar-refractivity contribution < 1.29 is 24.0 Å². The molecule has 218 valence electrons. The minimum absolute atomic E-state index is 0.151. The van der Waals surface area contributed by atoms with Gasteiger partial charge >= 0.3 is 11.9 Å². The minimum atomic E-state index is -0.957. The zero-order valence-electron chi connectivity index (χ0n) is 24.4. The molecule has 0 N–H and O–H groups in total. The molecule has 42 heavy (non-hydrogen) atoms. The zero-order valence-corrected chi connectivity index (χ0v) is 24.4. The van der Waals surface area contributed by atoms with Crippen molar-refractivity contribution in [2.45, 2.75) is 39.3 Å². The number of carbonyl (C=O) groups is 2. The highest BCUT2D eigenvalue weighted by atomic mass is 16.6. The number of nitrogens with zero attached hydrogens (tertiary/aromatic N) is 3. The fourth-order valence-corrected chi connectivity index (χ4v) is 5.35. The SMILES string of the molecule is COC(=O)C1C(C)=NC(C)=C(C(=O)OC(CN(C)Cc2ccccc2)c2ccc(C)cc2)C1c1cccc([N+](=O)[O-])c1. The van der Waals surface area contributed by atoms with Crippen molar-refractivity contribution in [1.82, 2.24) is 4.90 Å². The van der Waals surface area contributed by atoms with E-state index in [9.17, 15) is 19.7 Å². The van der Waals surface area contributed by atoms with Gasteiger partial charge in [-0.2, -0.15) is 0 Å². The maximum Gasteiger partial charge on any atom is 0.337 e. The first-order valence-electron chi connectivity index (χ1n) is 13.7. The third-order valence-electron chi connectivity index (χ3n) is 7.41. The van der Waals surface area contributed by atoms with Gasteiger partial charge in [0.15, 0.2) is 0 Å². The van der Waals surface area contributed by atoms with Gasteiger partial charge in [-0.3, -0.25) is 24.8 Å². The van der Waals surface area contributed by atoms with Gasteiger partial charge < -0.3 is 9.47 Å². The Bertz CT molecular complexity index is 1510. The molecule has 0 aliphatic carbocycles. The molecule has 3 aromatic carbocycles. The summed E-state index contributed by atoms with van der Waals surface area (Å²) in [6.07, 6.45) is -0.638. The molecule has 1 aliphatic rings. The van der Waals surface area contributed by atoms with Crippen LogP contribution in [0, 0.1) is 23.0 Å². The van der Waals surface area contributed by atoms with E-state index in [1.54, 1.807) is 19.9 Å². The Balaban J connectivity index is 1.73. The Morgan fingerprint density at radius 2 is 1.69 bits per heavy atom. The predicted octanol–water partition coefficient (Wildman–Crippen LogP) is 5.94. The average molecular weight is 570 g/mol. The first kappa shape index (κ1) is 30.3. The minimum Gasteiger partial charge on any atom is -0.468 e. The van der Waals surface area contributed by atoms with E-state index in [-0.39, 0.29) is 11.3 Å². The molecule has 0 amide bonds. The molecule has 0 fully saturated rings. The summed E-state index contributed by atoms with van der Waals surface area (Å²) in [5.41, 5.74) is 4.29. The molecule has 4 rings (SSSR count). The number of aliphatic imine (C=N–C) groups is 1. The molecule has 1 heterocycles. The lowest BCUT2D eigenvalue weighted by molar-refractivity contribution is -0.384. The van der Waals surface area contributed by atoms with Crippen LogP contribution in [0.25, 0.3) is 0 Å². The van der Waals surface area contributed by atoms with E-state index in [2.05, 4.69) is 9.89 Å². The number of nitro benzene ring substituents is 1. The predicted molar refractivity (Wildman–Crippen MR) is 160 cm³/mol. The van der Waals surface area contributed by atoms with Gasteiger partial charge in [0.05, 0.1) is 17.6 Å². The molecule has 0 spiro atoms. The summed E-state index contributed by atoms with van der Waals surface area (Å²) >= 11 is 0. The summed E-state index contributed by atoms with van der Waals surface area (Å²) in [7, 11) is 3.22. The first-order valence-corrected chi connectivity index (χ1v) is 13.7. The third-order valence-corrected chi connectivity index (χ3v) is 7.41. The van der Waals surface area contributed by atoms with Crippen LogP contribution in [0.3, 0.4) is 0 Å². The number of nitro groups is 1. The molecule has 3 unspecified atom stereocenters. The first-order chi connectivity index (χ1) is 20.1. The second-order valence-corrected chi connectivity index (χ2v) is 10.6. The average Bonchev–Trinajstić information content (AvgIpc) is 2.97. The van der Waals surface area contributed by atoms with Crippen LogP contribution < -0.4 is 0 Å². The standard InChI is InChI=1S/C33H35N3O6/c1-21-14-16-25(17-15-21)28(20-35(4)19-24-10-7-6-8-11-24)42-33(38)30-23(3)34-22(2)29(32(37)41-5)31(30)26-12-9-13-27(18-26)36(39)40/h6-18,28-29,31H,19-20H2,1-5H3. The van der Waals surface area contributed by atoms with E-state index in [0.29, 0.717) is 30.1 Å². The van der Waals surface area contributed by atoms with E-state index < -0.39 is 34.8 Å². The van der Waals surface area contributed by atoms with Crippen LogP contribution >= 0.6 is 0 Å². The van der Waals surface area contributed by atoms with E-state index in [4.69, 9.17) is 9.47 Å². The lowest BCUT2D eigenvalue weighted by Gasteiger charge is -2.32. The van der Waals surface area contributed by atoms with Crippen molar-refractivity contribution >= 4 is 23.3 Å². The molecular weight excluding hydrogens is 534 g/mol. The Kier molecular flexibility index (Phi) is 9.64. The van der Waals surface area contributed by atoms with Crippen LogP contribution in [-0.2, 0) is 25.6 Å². The monoisotopic (exact) mass is 569 g/mol. The fraction of sp³-hybridized carbons (Fsp3) is 0.303. The number of benzene rings is 3. The summed E-state index contributed by atoms with van der Waals surface area (Å²) in [5.74, 6) is -3.08. The molecule has 0 saturated carbocycles. The summed E-state index contributed by atoms with van der Waals surface area (Å²) in [4.78, 5) is 44.8. The molecule has 0 radical (unpaired) electrons. The Hall–Kier alpha value is -4.63. The number of likely N-dealkylation sites (N-methyl/N-ethyl adjacent to an activating group) is 1. The van der Waals surface area contributed by atoms with Gasteiger partial charge in [0, 0.05) is 42.5 Å². The number of non-ortho nitro benzene ring substituents is 1. The molecule has 3 aromatic rings. The quantitative estimate of drug-likeness (QED) is 0.169. The highest BCUT2D eigenvalue weighted by Gasteiger charge is 2.43. The van der Waals surface area contributed by atoms with Crippen molar-refractivity contribution in [1.29, 1.82) is 0 Å². The number of carbonyl (C=O) groups excluding carboxylic acids is 2. The molecule has 0 saturated heterocycles. The van der Waals surface area contributed by atoms with Crippen molar-refractivity contribution in [3.05, 3.63) is 123 Å². The number of ether oxygens (including phenoxy) is 2. The molecular formula is C33H35N3O6. The second kappa shape index (κ2) is 13.4. The van der Waals surface area contributed by atoms with Crippen LogP contribution in [-0.4, -0.2) is 48.2 Å². The summed E-state index contributed by atoms with van der Waals surface area (Å²) in [6.45, 7) is 6.40. The van der Waals surface area contributed by atoms with Crippen LogP contribution in [0.5, 0.6) is 0 Å². The van der Waals surface area contributed by atoms with Gasteiger partial charge in [0.1, 0.15) is 12.0 Å². The number of hydrogen-bond acceptors (Lipinski definition) is 8. The lowest BCUT2D eigenvalue weighted by Crippen LogP contribution is -2.37. The maximum atomic E-state index is 14.1. The third kappa shape index (κ3) is 6.98. The van der Waals surface area contributed by atoms with Crippen LogP contribution in [0.15, 0.2) is 95.1 Å². The zero-order chi connectivity index (χ0) is 30.4. The van der Waals surface area contributed by atoms with Gasteiger partial charge in [0.25, 0.3) is 5.69 Å². The van der Waals surface area contributed by atoms with Gasteiger partial charge in [-0.1, -0.05) is 72.3 Å². The summed E-state index contributed by atoms with van der Waals surface area (Å²) < 4.78 is 11.3. The van der Waals surface area contributed by atoms with Crippen molar-refractivity contribution in [3.8, 4) is 0 Å². The molecule has 9 heteroatoms. The van der Waals surface area contributed by atoms with E-state index in [1.165, 1.54) is 25.3 Å². The molecule has 3 atom stereocenters. The number of allylic oxidation sites excluding steroid dienone is 1.